The van der Waals surface area contributed by atoms with E-state index in [9.17, 15) is 16.8 Å². The van der Waals surface area contributed by atoms with E-state index in [4.69, 9.17) is 9.47 Å². The van der Waals surface area contributed by atoms with Gasteiger partial charge in [-0.25, -0.2) is 21.6 Å². The standard InChI is InChI=1S/C19H22N2O6S2/c22-28(23,20-9-8-15-6-7-18-19(12-15)27-14-26-18)16-4-3-5-17(13-16)29(24,25)21-10-1-2-11-21/h3-7,12-13,20H,1-2,8-11,14H2. The number of rotatable bonds is 7. The molecule has 0 spiro atoms. The van der Waals surface area contributed by atoms with Crippen molar-refractivity contribution in [2.24, 2.45) is 0 Å². The minimum atomic E-state index is -3.84. The van der Waals surface area contributed by atoms with Crippen molar-refractivity contribution in [3.8, 4) is 11.5 Å². The summed E-state index contributed by atoms with van der Waals surface area (Å²) in [6.07, 6.45) is 2.10. The van der Waals surface area contributed by atoms with E-state index >= 15 is 0 Å². The first kappa shape index (κ1) is 20.1. The molecule has 0 aromatic heterocycles. The van der Waals surface area contributed by atoms with E-state index in [-0.39, 0.29) is 23.1 Å². The SMILES string of the molecule is O=S(=O)(NCCc1ccc2c(c1)OCO2)c1cccc(S(=O)(=O)N2CCCC2)c1. The number of hydrogen-bond donors (Lipinski definition) is 1. The zero-order valence-electron chi connectivity index (χ0n) is 15.7. The summed E-state index contributed by atoms with van der Waals surface area (Å²) < 4.78 is 65.2. The van der Waals surface area contributed by atoms with E-state index < -0.39 is 20.0 Å². The van der Waals surface area contributed by atoms with Crippen molar-refractivity contribution in [3.63, 3.8) is 0 Å². The summed E-state index contributed by atoms with van der Waals surface area (Å²) in [6, 6.07) is 11.0. The van der Waals surface area contributed by atoms with Crippen LogP contribution in [0.2, 0.25) is 0 Å². The van der Waals surface area contributed by atoms with E-state index in [0.29, 0.717) is 31.0 Å². The van der Waals surface area contributed by atoms with Gasteiger partial charge in [0.25, 0.3) is 0 Å². The van der Waals surface area contributed by atoms with Crippen molar-refractivity contribution in [3.05, 3.63) is 48.0 Å². The Morgan fingerprint density at radius 3 is 2.41 bits per heavy atom. The zero-order valence-corrected chi connectivity index (χ0v) is 17.3. The second kappa shape index (κ2) is 7.94. The van der Waals surface area contributed by atoms with Crippen LogP contribution in [0.3, 0.4) is 0 Å². The van der Waals surface area contributed by atoms with Gasteiger partial charge in [0, 0.05) is 19.6 Å². The molecule has 4 rings (SSSR count). The summed E-state index contributed by atoms with van der Waals surface area (Å²) in [5.74, 6) is 1.32. The van der Waals surface area contributed by atoms with Gasteiger partial charge in [0.05, 0.1) is 9.79 Å². The lowest BCUT2D eigenvalue weighted by Crippen LogP contribution is -2.29. The normalized spacial score (nSPS) is 17.0. The minimum Gasteiger partial charge on any atom is -0.454 e. The molecule has 156 valence electrons. The predicted molar refractivity (Wildman–Crippen MR) is 106 cm³/mol. The zero-order chi connectivity index (χ0) is 20.5. The first-order chi connectivity index (χ1) is 13.9. The second-order valence-corrected chi connectivity index (χ2v) is 10.6. The number of fused-ring (bicyclic) bond motifs is 1. The number of ether oxygens (including phenoxy) is 2. The fourth-order valence-electron chi connectivity index (χ4n) is 3.39. The molecule has 29 heavy (non-hydrogen) atoms. The van der Waals surface area contributed by atoms with Gasteiger partial charge in [-0.1, -0.05) is 12.1 Å². The van der Waals surface area contributed by atoms with Crippen molar-refractivity contribution in [1.29, 1.82) is 0 Å². The van der Waals surface area contributed by atoms with Gasteiger partial charge in [-0.3, -0.25) is 0 Å². The molecular weight excluding hydrogens is 416 g/mol. The van der Waals surface area contributed by atoms with Gasteiger partial charge in [-0.05, 0) is 55.2 Å². The Bertz CT molecular complexity index is 1110. The number of benzene rings is 2. The van der Waals surface area contributed by atoms with E-state index in [1.807, 2.05) is 12.1 Å². The average molecular weight is 439 g/mol. The third-order valence-corrected chi connectivity index (χ3v) is 8.31. The van der Waals surface area contributed by atoms with Crippen LogP contribution in [-0.2, 0) is 26.5 Å². The maximum Gasteiger partial charge on any atom is 0.243 e. The summed E-state index contributed by atoms with van der Waals surface area (Å²) in [5.41, 5.74) is 0.905. The number of nitrogens with one attached hydrogen (secondary N) is 1. The summed E-state index contributed by atoms with van der Waals surface area (Å²) in [7, 11) is -7.51. The summed E-state index contributed by atoms with van der Waals surface area (Å²) >= 11 is 0. The summed E-state index contributed by atoms with van der Waals surface area (Å²) in [4.78, 5) is -0.0681. The van der Waals surface area contributed by atoms with Crippen LogP contribution in [0.15, 0.2) is 52.3 Å². The Kier molecular flexibility index (Phi) is 5.52. The molecule has 1 N–H and O–H groups in total. The molecule has 2 aromatic carbocycles. The van der Waals surface area contributed by atoms with Gasteiger partial charge in [0.2, 0.25) is 26.8 Å². The smallest absolute Gasteiger partial charge is 0.243 e. The maximum absolute atomic E-state index is 12.7. The van der Waals surface area contributed by atoms with Gasteiger partial charge in [-0.2, -0.15) is 4.31 Å². The molecule has 1 saturated heterocycles. The molecule has 8 nitrogen and oxygen atoms in total. The Morgan fingerprint density at radius 1 is 0.897 bits per heavy atom. The van der Waals surface area contributed by atoms with Crippen LogP contribution in [0.5, 0.6) is 11.5 Å². The predicted octanol–water partition coefficient (Wildman–Crippen LogP) is 1.72. The third kappa shape index (κ3) is 4.25. The van der Waals surface area contributed by atoms with E-state index in [0.717, 1.165) is 18.4 Å². The molecule has 2 aliphatic rings. The van der Waals surface area contributed by atoms with Crippen molar-refractivity contribution in [2.45, 2.75) is 29.1 Å². The van der Waals surface area contributed by atoms with Crippen LogP contribution in [0.4, 0.5) is 0 Å². The van der Waals surface area contributed by atoms with Crippen LogP contribution >= 0.6 is 0 Å². The lowest BCUT2D eigenvalue weighted by atomic mass is 10.1. The number of hydrogen-bond acceptors (Lipinski definition) is 6. The quantitative estimate of drug-likeness (QED) is 0.706. The van der Waals surface area contributed by atoms with Crippen LogP contribution in [0.1, 0.15) is 18.4 Å². The monoisotopic (exact) mass is 438 g/mol. The summed E-state index contributed by atoms with van der Waals surface area (Å²) in [5, 5.41) is 0. The topological polar surface area (TPSA) is 102 Å². The lowest BCUT2D eigenvalue weighted by Gasteiger charge is -2.16. The van der Waals surface area contributed by atoms with Crippen molar-refractivity contribution < 1.29 is 26.3 Å². The molecule has 0 saturated carbocycles. The maximum atomic E-state index is 12.7. The Labute approximate surface area is 170 Å². The highest BCUT2D eigenvalue weighted by molar-refractivity contribution is 7.90. The first-order valence-corrected chi connectivity index (χ1v) is 12.3. The van der Waals surface area contributed by atoms with Crippen LogP contribution in [-0.4, -0.2) is 47.6 Å². The Balaban J connectivity index is 1.45. The van der Waals surface area contributed by atoms with E-state index in [1.54, 1.807) is 6.07 Å². The molecule has 0 atom stereocenters. The van der Waals surface area contributed by atoms with E-state index in [1.165, 1.54) is 28.6 Å². The van der Waals surface area contributed by atoms with Gasteiger partial charge < -0.3 is 9.47 Å². The molecule has 0 unspecified atom stereocenters. The molecule has 10 heteroatoms. The van der Waals surface area contributed by atoms with Crippen molar-refractivity contribution in [1.82, 2.24) is 9.03 Å². The fraction of sp³-hybridized carbons (Fsp3) is 0.368. The molecule has 1 fully saturated rings. The molecule has 0 radical (unpaired) electrons. The minimum absolute atomic E-state index is 0.00181. The molecule has 2 heterocycles. The van der Waals surface area contributed by atoms with Crippen molar-refractivity contribution in [2.75, 3.05) is 26.4 Å². The van der Waals surface area contributed by atoms with Crippen LogP contribution < -0.4 is 14.2 Å². The van der Waals surface area contributed by atoms with Gasteiger partial charge in [-0.15, -0.1) is 0 Å². The highest BCUT2D eigenvalue weighted by atomic mass is 32.2. The van der Waals surface area contributed by atoms with E-state index in [2.05, 4.69) is 4.72 Å². The Morgan fingerprint density at radius 2 is 1.62 bits per heavy atom. The van der Waals surface area contributed by atoms with Crippen molar-refractivity contribution >= 4 is 20.0 Å². The molecular formula is C19H22N2O6S2. The van der Waals surface area contributed by atoms with Crippen LogP contribution in [0.25, 0.3) is 0 Å². The average Bonchev–Trinajstić information content (AvgIpc) is 3.40. The fourth-order valence-corrected chi connectivity index (χ4v) is 6.10. The van der Waals surface area contributed by atoms with Gasteiger partial charge >= 0.3 is 0 Å². The number of sulfonamides is 2. The molecule has 2 aliphatic heterocycles. The van der Waals surface area contributed by atoms with Gasteiger partial charge in [0.1, 0.15) is 0 Å². The first-order valence-electron chi connectivity index (χ1n) is 9.35. The molecule has 0 amide bonds. The third-order valence-electron chi connectivity index (χ3n) is 4.96. The largest absolute Gasteiger partial charge is 0.454 e. The molecule has 2 aromatic rings. The molecule has 0 aliphatic carbocycles. The van der Waals surface area contributed by atoms with Gasteiger partial charge in [0.15, 0.2) is 11.5 Å². The van der Waals surface area contributed by atoms with Crippen LogP contribution in [0, 0.1) is 0 Å². The number of nitrogens with zero attached hydrogens (tertiary/aromatic N) is 1. The highest BCUT2D eigenvalue weighted by Crippen LogP contribution is 2.32. The lowest BCUT2D eigenvalue weighted by molar-refractivity contribution is 0.174. The molecule has 0 bridgehead atoms. The summed E-state index contributed by atoms with van der Waals surface area (Å²) in [6.45, 7) is 1.29. The Hall–Kier alpha value is -2.14. The highest BCUT2D eigenvalue weighted by Gasteiger charge is 2.28. The second-order valence-electron chi connectivity index (χ2n) is 6.92.